The molecule has 0 aliphatic carbocycles. The third kappa shape index (κ3) is 3.12. The summed E-state index contributed by atoms with van der Waals surface area (Å²) < 4.78 is 44.5. The first kappa shape index (κ1) is 13.6. The van der Waals surface area contributed by atoms with Crippen molar-refractivity contribution in [2.45, 2.75) is 18.4 Å². The van der Waals surface area contributed by atoms with Crippen LogP contribution < -0.4 is 10.5 Å². The summed E-state index contributed by atoms with van der Waals surface area (Å²) in [4.78, 5) is -0.0883. The van der Waals surface area contributed by atoms with Gasteiger partial charge in [-0.15, -0.1) is 0 Å². The van der Waals surface area contributed by atoms with Gasteiger partial charge in [-0.05, 0) is 37.3 Å². The molecule has 5 nitrogen and oxygen atoms in total. The molecule has 0 unspecified atom stereocenters. The maximum Gasteiger partial charge on any atom is 0.241 e. The van der Waals surface area contributed by atoms with Crippen molar-refractivity contribution in [1.82, 2.24) is 4.72 Å². The standard InChI is InChI=1S/C12H13FN2O3S/c1-8-2-3-9(18-8)7-15-19(16,17)10-4-5-11(13)12(14)6-10/h2-6,15H,7,14H2,1H3. The van der Waals surface area contributed by atoms with E-state index >= 15 is 0 Å². The quantitative estimate of drug-likeness (QED) is 0.838. The van der Waals surface area contributed by atoms with E-state index in [1.54, 1.807) is 19.1 Å². The van der Waals surface area contributed by atoms with Gasteiger partial charge in [0, 0.05) is 0 Å². The number of benzene rings is 1. The number of sulfonamides is 1. The predicted molar refractivity (Wildman–Crippen MR) is 68.3 cm³/mol. The highest BCUT2D eigenvalue weighted by Crippen LogP contribution is 2.17. The lowest BCUT2D eigenvalue weighted by Gasteiger charge is -2.06. The van der Waals surface area contributed by atoms with Crippen LogP contribution in [-0.4, -0.2) is 8.42 Å². The Hall–Kier alpha value is -1.86. The fourth-order valence-electron chi connectivity index (χ4n) is 1.52. The van der Waals surface area contributed by atoms with Crippen LogP contribution >= 0.6 is 0 Å². The largest absolute Gasteiger partial charge is 0.465 e. The van der Waals surface area contributed by atoms with E-state index in [-0.39, 0.29) is 17.1 Å². The van der Waals surface area contributed by atoms with Crippen molar-refractivity contribution in [2.24, 2.45) is 0 Å². The lowest BCUT2D eigenvalue weighted by molar-refractivity contribution is 0.475. The van der Waals surface area contributed by atoms with Crippen LogP contribution in [0.5, 0.6) is 0 Å². The second-order valence-electron chi connectivity index (χ2n) is 4.02. The molecule has 0 saturated carbocycles. The van der Waals surface area contributed by atoms with E-state index in [0.717, 1.165) is 18.2 Å². The van der Waals surface area contributed by atoms with Crippen molar-refractivity contribution in [3.05, 3.63) is 47.7 Å². The van der Waals surface area contributed by atoms with E-state index in [1.807, 2.05) is 0 Å². The van der Waals surface area contributed by atoms with Crippen molar-refractivity contribution < 1.29 is 17.2 Å². The summed E-state index contributed by atoms with van der Waals surface area (Å²) in [5.74, 6) is 0.539. The van der Waals surface area contributed by atoms with Gasteiger partial charge in [-0.1, -0.05) is 0 Å². The monoisotopic (exact) mass is 284 g/mol. The van der Waals surface area contributed by atoms with Gasteiger partial charge in [-0.25, -0.2) is 17.5 Å². The SMILES string of the molecule is Cc1ccc(CNS(=O)(=O)c2ccc(F)c(N)c2)o1. The fourth-order valence-corrected chi connectivity index (χ4v) is 2.55. The molecule has 0 saturated heterocycles. The van der Waals surface area contributed by atoms with Crippen LogP contribution in [0.15, 0.2) is 39.6 Å². The number of hydrogen-bond acceptors (Lipinski definition) is 4. The van der Waals surface area contributed by atoms with Gasteiger partial charge >= 0.3 is 0 Å². The van der Waals surface area contributed by atoms with Crippen molar-refractivity contribution in [3.63, 3.8) is 0 Å². The average molecular weight is 284 g/mol. The molecule has 0 atom stereocenters. The third-order valence-electron chi connectivity index (χ3n) is 2.51. The first-order valence-electron chi connectivity index (χ1n) is 5.48. The second-order valence-corrected chi connectivity index (χ2v) is 5.79. The lowest BCUT2D eigenvalue weighted by atomic mass is 10.3. The van der Waals surface area contributed by atoms with E-state index in [1.165, 1.54) is 0 Å². The Morgan fingerprint density at radius 1 is 1.32 bits per heavy atom. The molecule has 0 bridgehead atoms. The Morgan fingerprint density at radius 3 is 2.63 bits per heavy atom. The minimum absolute atomic E-state index is 0.0213. The normalized spacial score (nSPS) is 11.7. The highest BCUT2D eigenvalue weighted by atomic mass is 32.2. The Morgan fingerprint density at radius 2 is 2.05 bits per heavy atom. The smallest absolute Gasteiger partial charge is 0.241 e. The zero-order chi connectivity index (χ0) is 14.0. The zero-order valence-electron chi connectivity index (χ0n) is 10.2. The molecule has 0 aliphatic rings. The molecule has 2 rings (SSSR count). The molecule has 0 radical (unpaired) electrons. The molecular weight excluding hydrogens is 271 g/mol. The van der Waals surface area contributed by atoms with Crippen LogP contribution in [0.2, 0.25) is 0 Å². The number of nitrogens with one attached hydrogen (secondary N) is 1. The number of nitrogen functional groups attached to an aromatic ring is 1. The topological polar surface area (TPSA) is 85.3 Å². The lowest BCUT2D eigenvalue weighted by Crippen LogP contribution is -2.23. The van der Waals surface area contributed by atoms with E-state index in [0.29, 0.717) is 11.5 Å². The second kappa shape index (κ2) is 5.02. The van der Waals surface area contributed by atoms with Crippen LogP contribution in [0, 0.1) is 12.7 Å². The summed E-state index contributed by atoms with van der Waals surface area (Å²) in [7, 11) is -3.75. The van der Waals surface area contributed by atoms with Gasteiger partial charge in [0.15, 0.2) is 0 Å². The number of aryl methyl sites for hydroxylation is 1. The molecule has 0 amide bonds. The summed E-state index contributed by atoms with van der Waals surface area (Å²) in [6.07, 6.45) is 0. The van der Waals surface area contributed by atoms with Crippen molar-refractivity contribution in [1.29, 1.82) is 0 Å². The molecule has 2 aromatic rings. The third-order valence-corrected chi connectivity index (χ3v) is 3.91. The van der Waals surface area contributed by atoms with E-state index in [2.05, 4.69) is 4.72 Å². The molecule has 0 fully saturated rings. The number of rotatable bonds is 4. The van der Waals surface area contributed by atoms with Crippen molar-refractivity contribution in [2.75, 3.05) is 5.73 Å². The minimum atomic E-state index is -3.75. The number of nitrogens with two attached hydrogens (primary N) is 1. The Balaban J connectivity index is 2.16. The number of halogens is 1. The van der Waals surface area contributed by atoms with E-state index in [9.17, 15) is 12.8 Å². The van der Waals surface area contributed by atoms with Crippen LogP contribution in [0.4, 0.5) is 10.1 Å². The van der Waals surface area contributed by atoms with E-state index < -0.39 is 15.8 Å². The van der Waals surface area contributed by atoms with Gasteiger partial charge in [0.05, 0.1) is 17.1 Å². The first-order valence-corrected chi connectivity index (χ1v) is 6.97. The zero-order valence-corrected chi connectivity index (χ0v) is 11.0. The highest BCUT2D eigenvalue weighted by Gasteiger charge is 2.16. The van der Waals surface area contributed by atoms with Gasteiger partial charge < -0.3 is 10.2 Å². The summed E-state index contributed by atoms with van der Waals surface area (Å²) in [6, 6.07) is 6.66. The maximum absolute atomic E-state index is 13.0. The number of furan rings is 1. The molecule has 0 spiro atoms. The number of anilines is 1. The maximum atomic E-state index is 13.0. The Labute approximate surface area is 110 Å². The van der Waals surface area contributed by atoms with E-state index in [4.69, 9.17) is 10.2 Å². The first-order chi connectivity index (χ1) is 8.88. The molecule has 3 N–H and O–H groups in total. The molecular formula is C12H13FN2O3S. The van der Waals surface area contributed by atoms with Gasteiger partial charge in [-0.2, -0.15) is 0 Å². The minimum Gasteiger partial charge on any atom is -0.465 e. The van der Waals surface area contributed by atoms with Crippen LogP contribution in [0.1, 0.15) is 11.5 Å². The summed E-state index contributed by atoms with van der Waals surface area (Å²) >= 11 is 0. The molecule has 1 aromatic heterocycles. The van der Waals surface area contributed by atoms with Gasteiger partial charge in [0.1, 0.15) is 17.3 Å². The highest BCUT2D eigenvalue weighted by molar-refractivity contribution is 7.89. The molecule has 7 heteroatoms. The van der Waals surface area contributed by atoms with Crippen molar-refractivity contribution >= 4 is 15.7 Å². The predicted octanol–water partition coefficient (Wildman–Crippen LogP) is 1.79. The van der Waals surface area contributed by atoms with Gasteiger partial charge in [-0.3, -0.25) is 0 Å². The van der Waals surface area contributed by atoms with Crippen molar-refractivity contribution in [3.8, 4) is 0 Å². The Kier molecular flexibility index (Phi) is 3.59. The Bertz CT molecular complexity index is 695. The number of hydrogen-bond donors (Lipinski definition) is 2. The molecule has 1 heterocycles. The van der Waals surface area contributed by atoms with Gasteiger partial charge in [0.25, 0.3) is 0 Å². The molecule has 0 aliphatic heterocycles. The fraction of sp³-hybridized carbons (Fsp3) is 0.167. The summed E-state index contributed by atoms with van der Waals surface area (Å²) in [5.41, 5.74) is 5.13. The summed E-state index contributed by atoms with van der Waals surface area (Å²) in [6.45, 7) is 1.78. The summed E-state index contributed by atoms with van der Waals surface area (Å²) in [5, 5.41) is 0. The average Bonchev–Trinajstić information content (AvgIpc) is 2.76. The van der Waals surface area contributed by atoms with Crippen LogP contribution in [0.3, 0.4) is 0 Å². The molecule has 102 valence electrons. The molecule has 1 aromatic carbocycles. The van der Waals surface area contributed by atoms with Crippen LogP contribution in [0.25, 0.3) is 0 Å². The van der Waals surface area contributed by atoms with Gasteiger partial charge in [0.2, 0.25) is 10.0 Å². The van der Waals surface area contributed by atoms with Crippen LogP contribution in [-0.2, 0) is 16.6 Å². The molecule has 19 heavy (non-hydrogen) atoms.